The highest BCUT2D eigenvalue weighted by molar-refractivity contribution is 4.99. The molecule has 0 aromatic carbocycles. The zero-order valence-electron chi connectivity index (χ0n) is 9.43. The molecule has 2 aliphatic rings. The van der Waals surface area contributed by atoms with Gasteiger partial charge in [0.1, 0.15) is 0 Å². The molecule has 0 atom stereocenters. The zero-order valence-corrected chi connectivity index (χ0v) is 9.43. The summed E-state index contributed by atoms with van der Waals surface area (Å²) in [5.74, 6) is -2.41. The van der Waals surface area contributed by atoms with Crippen molar-refractivity contribution in [2.24, 2.45) is 5.41 Å². The molecule has 0 radical (unpaired) electrons. The van der Waals surface area contributed by atoms with Crippen LogP contribution < -0.4 is 0 Å². The lowest BCUT2D eigenvalue weighted by Gasteiger charge is -2.42. The molecule has 2 nitrogen and oxygen atoms in total. The van der Waals surface area contributed by atoms with Gasteiger partial charge in [0.2, 0.25) is 0 Å². The fourth-order valence-corrected chi connectivity index (χ4v) is 2.43. The van der Waals surface area contributed by atoms with Gasteiger partial charge in [-0.25, -0.2) is 8.78 Å². The number of methoxy groups -OCH3 is 1. The molecule has 0 spiro atoms. The molecule has 4 heteroatoms. The van der Waals surface area contributed by atoms with E-state index in [1.54, 1.807) is 7.11 Å². The number of nitrogens with zero attached hydrogens (tertiary/aromatic N) is 1. The van der Waals surface area contributed by atoms with Gasteiger partial charge in [-0.1, -0.05) is 0 Å². The lowest BCUT2D eigenvalue weighted by Crippen LogP contribution is -2.51. The highest BCUT2D eigenvalue weighted by Gasteiger charge is 2.50. The molecule has 0 amide bonds. The second kappa shape index (κ2) is 3.67. The fourth-order valence-electron chi connectivity index (χ4n) is 2.43. The molecule has 0 N–H and O–H groups in total. The number of alkyl halides is 2. The Hall–Kier alpha value is -0.220. The monoisotopic (exact) mass is 219 g/mol. The van der Waals surface area contributed by atoms with Gasteiger partial charge in [-0.15, -0.1) is 0 Å². The molecule has 0 aromatic heterocycles. The van der Waals surface area contributed by atoms with Gasteiger partial charge in [-0.3, -0.25) is 0 Å². The van der Waals surface area contributed by atoms with Crippen LogP contribution in [0.5, 0.6) is 0 Å². The summed E-state index contributed by atoms with van der Waals surface area (Å²) < 4.78 is 30.6. The quantitative estimate of drug-likeness (QED) is 0.702. The van der Waals surface area contributed by atoms with E-state index >= 15 is 0 Å². The summed E-state index contributed by atoms with van der Waals surface area (Å²) >= 11 is 0. The van der Waals surface area contributed by atoms with Crippen LogP contribution in [0.15, 0.2) is 0 Å². The lowest BCUT2D eigenvalue weighted by molar-refractivity contribution is -0.123. The van der Waals surface area contributed by atoms with E-state index < -0.39 is 5.92 Å². The first kappa shape index (κ1) is 11.3. The molecule has 0 saturated heterocycles. The van der Waals surface area contributed by atoms with E-state index in [9.17, 15) is 8.78 Å². The van der Waals surface area contributed by atoms with Gasteiger partial charge in [0.15, 0.2) is 0 Å². The Morgan fingerprint density at radius 1 is 1.33 bits per heavy atom. The minimum Gasteiger partial charge on any atom is -0.384 e. The third kappa shape index (κ3) is 2.48. The van der Waals surface area contributed by atoms with Crippen LogP contribution in [0, 0.1) is 5.41 Å². The average molecular weight is 219 g/mol. The van der Waals surface area contributed by atoms with E-state index in [0.717, 1.165) is 13.2 Å². The minimum atomic E-state index is -2.41. The van der Waals surface area contributed by atoms with Crippen molar-refractivity contribution in [1.29, 1.82) is 0 Å². The van der Waals surface area contributed by atoms with Crippen LogP contribution in [0.25, 0.3) is 0 Å². The van der Waals surface area contributed by atoms with Crippen molar-refractivity contribution in [3.05, 3.63) is 0 Å². The maximum atomic E-state index is 12.7. The van der Waals surface area contributed by atoms with Gasteiger partial charge in [-0.2, -0.15) is 0 Å². The second-order valence-corrected chi connectivity index (χ2v) is 5.27. The summed E-state index contributed by atoms with van der Waals surface area (Å²) in [6.45, 7) is 1.67. The van der Waals surface area contributed by atoms with Crippen molar-refractivity contribution in [2.45, 2.75) is 37.6 Å². The molecular weight excluding hydrogens is 200 g/mol. The van der Waals surface area contributed by atoms with Crippen molar-refractivity contribution >= 4 is 0 Å². The maximum absolute atomic E-state index is 12.7. The zero-order chi connectivity index (χ0) is 11.1. The molecule has 88 valence electrons. The molecule has 0 aliphatic heterocycles. The number of ether oxygens (including phenoxy) is 1. The topological polar surface area (TPSA) is 12.5 Å². The van der Waals surface area contributed by atoms with E-state index in [0.29, 0.717) is 0 Å². The Balaban J connectivity index is 1.76. The smallest absolute Gasteiger partial charge is 0.251 e. The Labute approximate surface area is 89.6 Å². The summed E-state index contributed by atoms with van der Waals surface area (Å²) in [5.41, 5.74) is 0.272. The molecule has 2 fully saturated rings. The van der Waals surface area contributed by atoms with Crippen LogP contribution in [0.4, 0.5) is 8.78 Å². The molecule has 2 saturated carbocycles. The second-order valence-electron chi connectivity index (χ2n) is 5.27. The standard InChI is InChI=1S/C11H19F2NO/c1-14(9-5-11(12,13)6-9)7-10(3-4-10)8-15-2/h9H,3-8H2,1-2H3. The Bertz CT molecular complexity index is 233. The summed E-state index contributed by atoms with van der Waals surface area (Å²) in [5, 5.41) is 0. The van der Waals surface area contributed by atoms with Crippen LogP contribution in [0.1, 0.15) is 25.7 Å². The fraction of sp³-hybridized carbons (Fsp3) is 1.00. The predicted molar refractivity (Wildman–Crippen MR) is 54.1 cm³/mol. The summed E-state index contributed by atoms with van der Waals surface area (Å²) in [4.78, 5) is 2.09. The van der Waals surface area contributed by atoms with E-state index in [4.69, 9.17) is 4.74 Å². The third-order valence-electron chi connectivity index (χ3n) is 3.68. The van der Waals surface area contributed by atoms with Crippen LogP contribution >= 0.6 is 0 Å². The van der Waals surface area contributed by atoms with Crippen LogP contribution in [0.3, 0.4) is 0 Å². The molecule has 0 unspecified atom stereocenters. The van der Waals surface area contributed by atoms with Crippen molar-refractivity contribution in [3.8, 4) is 0 Å². The van der Waals surface area contributed by atoms with Crippen LogP contribution in [-0.4, -0.2) is 44.2 Å². The van der Waals surface area contributed by atoms with Gasteiger partial charge >= 0.3 is 0 Å². The first-order valence-corrected chi connectivity index (χ1v) is 5.53. The molecular formula is C11H19F2NO. The Morgan fingerprint density at radius 2 is 1.93 bits per heavy atom. The van der Waals surface area contributed by atoms with Crippen molar-refractivity contribution in [1.82, 2.24) is 4.90 Å². The van der Waals surface area contributed by atoms with E-state index in [-0.39, 0.29) is 24.3 Å². The number of hydrogen-bond donors (Lipinski definition) is 0. The van der Waals surface area contributed by atoms with Crippen LogP contribution in [-0.2, 0) is 4.74 Å². The van der Waals surface area contributed by atoms with Crippen molar-refractivity contribution in [3.63, 3.8) is 0 Å². The average Bonchev–Trinajstić information content (AvgIpc) is 2.81. The molecule has 2 aliphatic carbocycles. The number of hydrogen-bond acceptors (Lipinski definition) is 2. The normalized spacial score (nSPS) is 27.8. The lowest BCUT2D eigenvalue weighted by atomic mass is 9.86. The van der Waals surface area contributed by atoms with Gasteiger partial charge < -0.3 is 9.64 Å². The molecule has 0 bridgehead atoms. The van der Waals surface area contributed by atoms with E-state index in [1.165, 1.54) is 12.8 Å². The van der Waals surface area contributed by atoms with Gasteiger partial charge in [-0.05, 0) is 19.9 Å². The Morgan fingerprint density at radius 3 is 2.33 bits per heavy atom. The Kier molecular flexibility index (Phi) is 2.75. The molecule has 0 heterocycles. The van der Waals surface area contributed by atoms with Crippen LogP contribution in [0.2, 0.25) is 0 Å². The third-order valence-corrected chi connectivity index (χ3v) is 3.68. The van der Waals surface area contributed by atoms with Gasteiger partial charge in [0.05, 0.1) is 6.61 Å². The molecule has 2 rings (SSSR count). The molecule has 15 heavy (non-hydrogen) atoms. The highest BCUT2D eigenvalue weighted by atomic mass is 19.3. The highest BCUT2D eigenvalue weighted by Crippen LogP contribution is 2.48. The largest absolute Gasteiger partial charge is 0.384 e. The number of rotatable bonds is 5. The SMILES string of the molecule is COCC1(CN(C)C2CC(F)(F)C2)CC1. The van der Waals surface area contributed by atoms with Crippen molar-refractivity contribution < 1.29 is 13.5 Å². The summed E-state index contributed by atoms with van der Waals surface area (Å²) in [6.07, 6.45) is 2.42. The van der Waals surface area contributed by atoms with E-state index in [2.05, 4.69) is 4.90 Å². The predicted octanol–water partition coefficient (Wildman–Crippen LogP) is 2.14. The van der Waals surface area contributed by atoms with E-state index in [1.807, 2.05) is 7.05 Å². The van der Waals surface area contributed by atoms with Gasteiger partial charge in [0, 0.05) is 38.0 Å². The first-order chi connectivity index (χ1) is 6.96. The van der Waals surface area contributed by atoms with Gasteiger partial charge in [0.25, 0.3) is 5.92 Å². The molecule has 0 aromatic rings. The minimum absolute atomic E-state index is 0.0343. The maximum Gasteiger partial charge on any atom is 0.251 e. The van der Waals surface area contributed by atoms with Crippen molar-refractivity contribution in [2.75, 3.05) is 27.3 Å². The summed E-state index contributed by atoms with van der Waals surface area (Å²) in [6, 6.07) is 0.0781. The first-order valence-electron chi connectivity index (χ1n) is 5.53. The number of halogens is 2. The summed E-state index contributed by atoms with van der Waals surface area (Å²) in [7, 11) is 3.66.